The number of amides is 2. The van der Waals surface area contributed by atoms with Crippen LogP contribution in [-0.2, 0) is 9.53 Å². The maximum absolute atomic E-state index is 12.4. The summed E-state index contributed by atoms with van der Waals surface area (Å²) in [5, 5.41) is 9.11. The van der Waals surface area contributed by atoms with Gasteiger partial charge in [0.1, 0.15) is 5.00 Å². The van der Waals surface area contributed by atoms with Crippen molar-refractivity contribution in [3.8, 4) is 0 Å². The molecule has 0 unspecified atom stereocenters. The highest BCUT2D eigenvalue weighted by Crippen LogP contribution is 2.31. The molecule has 8 nitrogen and oxygen atoms in total. The van der Waals surface area contributed by atoms with Gasteiger partial charge in [0.25, 0.3) is 5.91 Å². The fourth-order valence-electron chi connectivity index (χ4n) is 3.65. The predicted octanol–water partition coefficient (Wildman–Crippen LogP) is 3.58. The predicted molar refractivity (Wildman–Crippen MR) is 128 cm³/mol. The van der Waals surface area contributed by atoms with Crippen molar-refractivity contribution in [3.63, 3.8) is 0 Å². The summed E-state index contributed by atoms with van der Waals surface area (Å²) in [6.45, 7) is 4.41. The number of carbonyl (C=O) groups is 2. The molecule has 0 radical (unpaired) electrons. The Balaban J connectivity index is 1.34. The number of primary amides is 1. The summed E-state index contributed by atoms with van der Waals surface area (Å²) in [6.07, 6.45) is 2.09. The number of nitrogens with one attached hydrogen (secondary N) is 2. The lowest BCUT2D eigenvalue weighted by atomic mass is 10.1. The number of hydrogen-bond donors (Lipinski definition) is 3. The van der Waals surface area contributed by atoms with Crippen LogP contribution in [0.5, 0.6) is 0 Å². The number of fused-ring (bicyclic) bond motifs is 1. The summed E-state index contributed by atoms with van der Waals surface area (Å²) in [7, 11) is 0. The molecule has 2 heterocycles. The van der Waals surface area contributed by atoms with Crippen molar-refractivity contribution in [2.75, 3.05) is 43.5 Å². The highest BCUT2D eigenvalue weighted by atomic mass is 32.1. The molecule has 32 heavy (non-hydrogen) atoms. The molecule has 0 saturated carbocycles. The normalized spacial score (nSPS) is 14.4. The van der Waals surface area contributed by atoms with Gasteiger partial charge in [0.05, 0.1) is 13.2 Å². The molecule has 4 rings (SSSR count). The second-order valence-corrected chi connectivity index (χ2v) is 8.71. The molecule has 1 saturated heterocycles. The van der Waals surface area contributed by atoms with Crippen molar-refractivity contribution in [1.29, 1.82) is 0 Å². The number of thiazole rings is 1. The number of ether oxygens (including phenoxy) is 1. The van der Waals surface area contributed by atoms with Gasteiger partial charge >= 0.3 is 0 Å². The average Bonchev–Trinajstić information content (AvgIpc) is 3.19. The van der Waals surface area contributed by atoms with E-state index in [2.05, 4.69) is 20.5 Å². The Hall–Kier alpha value is -3.01. The van der Waals surface area contributed by atoms with Gasteiger partial charge in [-0.3, -0.25) is 14.5 Å². The van der Waals surface area contributed by atoms with Crippen LogP contribution in [0.1, 0.15) is 29.8 Å². The van der Waals surface area contributed by atoms with Gasteiger partial charge in [-0.15, -0.1) is 0 Å². The summed E-state index contributed by atoms with van der Waals surface area (Å²) < 4.78 is 5.35. The van der Waals surface area contributed by atoms with Crippen LogP contribution in [0, 0.1) is 0 Å². The van der Waals surface area contributed by atoms with E-state index in [1.54, 1.807) is 0 Å². The number of carbonyl (C=O) groups excluding carboxylic acids is 2. The van der Waals surface area contributed by atoms with Crippen molar-refractivity contribution in [2.24, 2.45) is 5.73 Å². The van der Waals surface area contributed by atoms with Gasteiger partial charge < -0.3 is 21.1 Å². The Bertz CT molecular complexity index is 1090. The van der Waals surface area contributed by atoms with Gasteiger partial charge in [-0.25, -0.2) is 4.98 Å². The SMILES string of the molecule is NC(=O)c1nc(Nc2ccc3ccccc3c2)sc1NC(=O)CCCCN1CCOCC1. The molecule has 1 aliphatic heterocycles. The molecule has 1 aromatic heterocycles. The fourth-order valence-corrected chi connectivity index (χ4v) is 4.56. The summed E-state index contributed by atoms with van der Waals surface area (Å²) in [5.74, 6) is -0.814. The van der Waals surface area contributed by atoms with Crippen LogP contribution >= 0.6 is 11.3 Å². The number of rotatable bonds is 9. The van der Waals surface area contributed by atoms with Gasteiger partial charge in [0, 0.05) is 25.2 Å². The first-order chi connectivity index (χ1) is 15.6. The lowest BCUT2D eigenvalue weighted by Gasteiger charge is -2.26. The number of nitrogens with two attached hydrogens (primary N) is 1. The van der Waals surface area contributed by atoms with Crippen LogP contribution in [0.15, 0.2) is 42.5 Å². The van der Waals surface area contributed by atoms with Crippen LogP contribution < -0.4 is 16.4 Å². The minimum absolute atomic E-state index is 0.0694. The Morgan fingerprint density at radius 1 is 1.09 bits per heavy atom. The molecule has 3 aromatic rings. The van der Waals surface area contributed by atoms with Crippen molar-refractivity contribution < 1.29 is 14.3 Å². The first kappa shape index (κ1) is 22.2. The zero-order chi connectivity index (χ0) is 22.3. The van der Waals surface area contributed by atoms with Crippen molar-refractivity contribution in [1.82, 2.24) is 9.88 Å². The quantitative estimate of drug-likeness (QED) is 0.427. The third-order valence-electron chi connectivity index (χ3n) is 5.35. The summed E-state index contributed by atoms with van der Waals surface area (Å²) in [4.78, 5) is 30.9. The number of nitrogens with zero attached hydrogens (tertiary/aromatic N) is 2. The Morgan fingerprint density at radius 3 is 2.66 bits per heavy atom. The van der Waals surface area contributed by atoms with E-state index < -0.39 is 5.91 Å². The molecular formula is C23H27N5O3S. The lowest BCUT2D eigenvalue weighted by molar-refractivity contribution is -0.116. The van der Waals surface area contributed by atoms with Gasteiger partial charge in [0.15, 0.2) is 10.8 Å². The maximum atomic E-state index is 12.4. The largest absolute Gasteiger partial charge is 0.379 e. The molecule has 2 aromatic carbocycles. The minimum Gasteiger partial charge on any atom is -0.379 e. The molecule has 0 aliphatic carbocycles. The first-order valence-electron chi connectivity index (χ1n) is 10.7. The topological polar surface area (TPSA) is 110 Å². The summed E-state index contributed by atoms with van der Waals surface area (Å²) in [6, 6.07) is 14.0. The number of aromatic nitrogens is 1. The average molecular weight is 454 g/mol. The van der Waals surface area contributed by atoms with Crippen LogP contribution in [-0.4, -0.2) is 54.5 Å². The number of morpholine rings is 1. The van der Waals surface area contributed by atoms with Gasteiger partial charge in [-0.05, 0) is 42.3 Å². The standard InChI is InChI=1S/C23H27N5O3S/c24-21(30)20-22(26-19(29)7-3-4-10-28-11-13-31-14-12-28)32-23(27-20)25-18-9-8-16-5-1-2-6-17(16)15-18/h1-2,5-6,8-9,15H,3-4,7,10-14H2,(H2,24,30)(H,25,27)(H,26,29). The van der Waals surface area contributed by atoms with E-state index >= 15 is 0 Å². The number of unbranched alkanes of at least 4 members (excludes halogenated alkanes) is 1. The second kappa shape index (κ2) is 10.5. The van der Waals surface area contributed by atoms with Crippen molar-refractivity contribution in [2.45, 2.75) is 19.3 Å². The van der Waals surface area contributed by atoms with Crippen molar-refractivity contribution in [3.05, 3.63) is 48.2 Å². The van der Waals surface area contributed by atoms with E-state index in [4.69, 9.17) is 10.5 Å². The summed E-state index contributed by atoms with van der Waals surface area (Å²) >= 11 is 1.20. The molecule has 168 valence electrons. The molecule has 9 heteroatoms. The molecule has 1 fully saturated rings. The molecular weight excluding hydrogens is 426 g/mol. The van der Waals surface area contributed by atoms with E-state index in [-0.39, 0.29) is 11.6 Å². The number of benzene rings is 2. The molecule has 0 bridgehead atoms. The van der Waals surface area contributed by atoms with Gasteiger partial charge in [0.2, 0.25) is 5.91 Å². The third kappa shape index (κ3) is 5.82. The number of hydrogen-bond acceptors (Lipinski definition) is 7. The Kier molecular flexibility index (Phi) is 7.31. The molecule has 0 atom stereocenters. The molecule has 1 aliphatic rings. The smallest absolute Gasteiger partial charge is 0.270 e. The van der Waals surface area contributed by atoms with E-state index in [0.717, 1.165) is 62.1 Å². The van der Waals surface area contributed by atoms with E-state index in [1.807, 2.05) is 42.5 Å². The zero-order valence-electron chi connectivity index (χ0n) is 17.8. The molecule has 0 spiro atoms. The highest BCUT2D eigenvalue weighted by molar-refractivity contribution is 7.20. The minimum atomic E-state index is -0.671. The number of anilines is 3. The Labute approximate surface area is 190 Å². The second-order valence-electron chi connectivity index (χ2n) is 7.71. The lowest BCUT2D eigenvalue weighted by Crippen LogP contribution is -2.36. The highest BCUT2D eigenvalue weighted by Gasteiger charge is 2.18. The van der Waals surface area contributed by atoms with E-state index in [9.17, 15) is 9.59 Å². The van der Waals surface area contributed by atoms with Crippen LogP contribution in [0.4, 0.5) is 15.8 Å². The van der Waals surface area contributed by atoms with Crippen LogP contribution in [0.3, 0.4) is 0 Å². The third-order valence-corrected chi connectivity index (χ3v) is 6.23. The monoisotopic (exact) mass is 453 g/mol. The Morgan fingerprint density at radius 2 is 1.88 bits per heavy atom. The zero-order valence-corrected chi connectivity index (χ0v) is 18.6. The maximum Gasteiger partial charge on any atom is 0.270 e. The first-order valence-corrected chi connectivity index (χ1v) is 11.6. The van der Waals surface area contributed by atoms with E-state index in [0.29, 0.717) is 16.6 Å². The van der Waals surface area contributed by atoms with Crippen LogP contribution in [0.2, 0.25) is 0 Å². The van der Waals surface area contributed by atoms with Gasteiger partial charge in [-0.2, -0.15) is 0 Å². The molecule has 4 N–H and O–H groups in total. The van der Waals surface area contributed by atoms with E-state index in [1.165, 1.54) is 11.3 Å². The van der Waals surface area contributed by atoms with Gasteiger partial charge in [-0.1, -0.05) is 41.7 Å². The van der Waals surface area contributed by atoms with Crippen LogP contribution in [0.25, 0.3) is 10.8 Å². The van der Waals surface area contributed by atoms with Crippen molar-refractivity contribution >= 4 is 49.7 Å². The fraction of sp³-hybridized carbons (Fsp3) is 0.348. The molecule has 2 amide bonds. The summed E-state index contributed by atoms with van der Waals surface area (Å²) in [5.41, 5.74) is 6.40.